The number of rotatable bonds is 6. The second-order valence-corrected chi connectivity index (χ2v) is 6.50. The van der Waals surface area contributed by atoms with Gasteiger partial charge in [-0.2, -0.15) is 13.2 Å². The topological polar surface area (TPSA) is 95.9 Å². The van der Waals surface area contributed by atoms with Gasteiger partial charge in [0.15, 0.2) is 0 Å². The normalized spacial score (nSPS) is 12.5. The SMILES string of the molecule is Cc1cc(Nc2nccc(C(F)(F)F)n2)cc(-c2cnc(NC(C)CO)nc2)c1. The number of benzene rings is 1. The Morgan fingerprint density at radius 2 is 1.76 bits per heavy atom. The highest BCUT2D eigenvalue weighted by Gasteiger charge is 2.32. The Morgan fingerprint density at radius 1 is 1.03 bits per heavy atom. The molecule has 0 radical (unpaired) electrons. The molecule has 29 heavy (non-hydrogen) atoms. The smallest absolute Gasteiger partial charge is 0.394 e. The Hall–Kier alpha value is -3.27. The highest BCUT2D eigenvalue weighted by molar-refractivity contribution is 5.70. The van der Waals surface area contributed by atoms with Crippen molar-refractivity contribution in [3.05, 3.63) is 54.1 Å². The number of alkyl halides is 3. The summed E-state index contributed by atoms with van der Waals surface area (Å²) in [5, 5.41) is 14.8. The number of hydrogen-bond acceptors (Lipinski definition) is 7. The van der Waals surface area contributed by atoms with Crippen LogP contribution in [0.15, 0.2) is 42.9 Å². The number of aryl methyl sites for hydroxylation is 1. The fraction of sp³-hybridized carbons (Fsp3) is 0.263. The Balaban J connectivity index is 1.83. The van der Waals surface area contributed by atoms with Crippen molar-refractivity contribution in [2.75, 3.05) is 17.2 Å². The third-order valence-corrected chi connectivity index (χ3v) is 3.91. The van der Waals surface area contributed by atoms with Gasteiger partial charge >= 0.3 is 6.18 Å². The van der Waals surface area contributed by atoms with E-state index in [0.29, 0.717) is 11.6 Å². The van der Waals surface area contributed by atoms with Crippen LogP contribution in [0.3, 0.4) is 0 Å². The van der Waals surface area contributed by atoms with Crippen LogP contribution in [0.1, 0.15) is 18.2 Å². The lowest BCUT2D eigenvalue weighted by Crippen LogP contribution is -2.20. The summed E-state index contributed by atoms with van der Waals surface area (Å²) in [6.45, 7) is 3.61. The maximum Gasteiger partial charge on any atom is 0.433 e. The van der Waals surface area contributed by atoms with Gasteiger partial charge in [0.25, 0.3) is 0 Å². The van der Waals surface area contributed by atoms with Crippen molar-refractivity contribution >= 4 is 17.6 Å². The molecule has 7 nitrogen and oxygen atoms in total. The number of nitrogens with one attached hydrogen (secondary N) is 2. The molecule has 0 aliphatic carbocycles. The van der Waals surface area contributed by atoms with E-state index in [4.69, 9.17) is 5.11 Å². The minimum Gasteiger partial charge on any atom is -0.394 e. The number of nitrogens with zero attached hydrogens (tertiary/aromatic N) is 4. The first-order chi connectivity index (χ1) is 13.7. The lowest BCUT2D eigenvalue weighted by Gasteiger charge is -2.12. The fourth-order valence-electron chi connectivity index (χ4n) is 2.55. The zero-order chi connectivity index (χ0) is 21.0. The molecular formula is C19H19F3N6O. The number of aliphatic hydroxyl groups excluding tert-OH is 1. The molecule has 1 aromatic carbocycles. The van der Waals surface area contributed by atoms with Crippen LogP contribution in [0.2, 0.25) is 0 Å². The lowest BCUT2D eigenvalue weighted by atomic mass is 10.1. The van der Waals surface area contributed by atoms with Gasteiger partial charge in [-0.1, -0.05) is 6.07 Å². The average Bonchev–Trinajstić information content (AvgIpc) is 2.67. The molecule has 1 unspecified atom stereocenters. The predicted octanol–water partition coefficient (Wildman–Crippen LogP) is 3.80. The van der Waals surface area contributed by atoms with Gasteiger partial charge in [-0.25, -0.2) is 19.9 Å². The zero-order valence-electron chi connectivity index (χ0n) is 15.7. The molecule has 3 rings (SSSR count). The molecule has 0 spiro atoms. The summed E-state index contributed by atoms with van der Waals surface area (Å²) >= 11 is 0. The van der Waals surface area contributed by atoms with E-state index in [1.165, 1.54) is 0 Å². The molecule has 10 heteroatoms. The van der Waals surface area contributed by atoms with Gasteiger partial charge in [0.1, 0.15) is 5.69 Å². The summed E-state index contributed by atoms with van der Waals surface area (Å²) < 4.78 is 38.5. The molecule has 0 saturated heterocycles. The molecule has 2 aromatic heterocycles. The van der Waals surface area contributed by atoms with E-state index >= 15 is 0 Å². The summed E-state index contributed by atoms with van der Waals surface area (Å²) in [6, 6.07) is 6.06. The summed E-state index contributed by atoms with van der Waals surface area (Å²) in [5.41, 5.74) is 1.91. The van der Waals surface area contributed by atoms with E-state index in [-0.39, 0.29) is 18.6 Å². The zero-order valence-corrected chi connectivity index (χ0v) is 15.7. The van der Waals surface area contributed by atoms with E-state index in [9.17, 15) is 13.2 Å². The van der Waals surface area contributed by atoms with Crippen molar-refractivity contribution in [2.24, 2.45) is 0 Å². The summed E-state index contributed by atoms with van der Waals surface area (Å²) in [7, 11) is 0. The van der Waals surface area contributed by atoms with Crippen molar-refractivity contribution in [2.45, 2.75) is 26.1 Å². The van der Waals surface area contributed by atoms with Gasteiger partial charge in [-0.05, 0) is 43.2 Å². The van der Waals surface area contributed by atoms with Gasteiger partial charge in [0.2, 0.25) is 11.9 Å². The van der Waals surface area contributed by atoms with E-state index in [1.54, 1.807) is 31.5 Å². The lowest BCUT2D eigenvalue weighted by molar-refractivity contribution is -0.141. The molecule has 0 saturated carbocycles. The number of aliphatic hydroxyl groups is 1. The molecule has 2 heterocycles. The van der Waals surface area contributed by atoms with Crippen LogP contribution >= 0.6 is 0 Å². The van der Waals surface area contributed by atoms with Gasteiger partial charge in [0, 0.05) is 35.9 Å². The highest BCUT2D eigenvalue weighted by atomic mass is 19.4. The molecule has 1 atom stereocenters. The molecule has 0 bridgehead atoms. The number of anilines is 3. The first-order valence-electron chi connectivity index (χ1n) is 8.73. The van der Waals surface area contributed by atoms with Crippen LogP contribution in [0, 0.1) is 6.92 Å². The quantitative estimate of drug-likeness (QED) is 0.575. The van der Waals surface area contributed by atoms with E-state index < -0.39 is 11.9 Å². The van der Waals surface area contributed by atoms with Crippen LogP contribution in [-0.2, 0) is 6.18 Å². The van der Waals surface area contributed by atoms with Gasteiger partial charge in [0.05, 0.1) is 6.61 Å². The van der Waals surface area contributed by atoms with Crippen LogP contribution in [0.4, 0.5) is 30.8 Å². The van der Waals surface area contributed by atoms with Crippen LogP contribution < -0.4 is 10.6 Å². The Labute approximate surface area is 165 Å². The third-order valence-electron chi connectivity index (χ3n) is 3.91. The van der Waals surface area contributed by atoms with Crippen molar-refractivity contribution < 1.29 is 18.3 Å². The highest BCUT2D eigenvalue weighted by Crippen LogP contribution is 2.29. The fourth-order valence-corrected chi connectivity index (χ4v) is 2.55. The molecule has 0 aliphatic rings. The third kappa shape index (κ3) is 5.38. The minimum absolute atomic E-state index is 0.0460. The molecule has 0 aliphatic heterocycles. The van der Waals surface area contributed by atoms with Crippen molar-refractivity contribution in [3.63, 3.8) is 0 Å². The van der Waals surface area contributed by atoms with Gasteiger partial charge < -0.3 is 15.7 Å². The molecule has 3 aromatic rings. The Morgan fingerprint density at radius 3 is 2.41 bits per heavy atom. The first-order valence-corrected chi connectivity index (χ1v) is 8.73. The van der Waals surface area contributed by atoms with Crippen LogP contribution in [-0.4, -0.2) is 37.7 Å². The maximum absolute atomic E-state index is 12.8. The summed E-state index contributed by atoms with van der Waals surface area (Å²) in [6.07, 6.45) is -0.239. The largest absolute Gasteiger partial charge is 0.433 e. The number of halogens is 3. The van der Waals surface area contributed by atoms with Crippen LogP contribution in [0.5, 0.6) is 0 Å². The van der Waals surface area contributed by atoms with Gasteiger partial charge in [-0.3, -0.25) is 0 Å². The molecule has 152 valence electrons. The second-order valence-electron chi connectivity index (χ2n) is 6.50. The summed E-state index contributed by atoms with van der Waals surface area (Å²) in [5.74, 6) is 0.240. The number of aromatic nitrogens is 4. The molecule has 3 N–H and O–H groups in total. The monoisotopic (exact) mass is 404 g/mol. The number of hydrogen-bond donors (Lipinski definition) is 3. The van der Waals surface area contributed by atoms with E-state index in [1.807, 2.05) is 13.0 Å². The minimum atomic E-state index is -4.54. The Kier molecular flexibility index (Phi) is 5.92. The molecular weight excluding hydrogens is 385 g/mol. The first kappa shape index (κ1) is 20.5. The predicted molar refractivity (Wildman–Crippen MR) is 103 cm³/mol. The van der Waals surface area contributed by atoms with Crippen molar-refractivity contribution in [3.8, 4) is 11.1 Å². The van der Waals surface area contributed by atoms with E-state index in [2.05, 4.69) is 30.6 Å². The van der Waals surface area contributed by atoms with Crippen LogP contribution in [0.25, 0.3) is 11.1 Å². The molecule has 0 amide bonds. The molecule has 0 fully saturated rings. The van der Waals surface area contributed by atoms with Gasteiger partial charge in [-0.15, -0.1) is 0 Å². The van der Waals surface area contributed by atoms with Crippen molar-refractivity contribution in [1.29, 1.82) is 0 Å². The Bertz CT molecular complexity index is 978. The van der Waals surface area contributed by atoms with E-state index in [0.717, 1.165) is 29.0 Å². The summed E-state index contributed by atoms with van der Waals surface area (Å²) in [4.78, 5) is 15.8. The second kappa shape index (κ2) is 8.39. The maximum atomic E-state index is 12.8. The standard InChI is InChI=1S/C19H19F3N6O/c1-11-5-13(14-8-24-17(25-9-14)26-12(2)10-29)7-15(6-11)27-18-23-4-3-16(28-18)19(20,21)22/h3-9,12,29H,10H2,1-2H3,(H,23,27,28)(H,24,25,26). The van der Waals surface area contributed by atoms with Crippen molar-refractivity contribution in [1.82, 2.24) is 19.9 Å². The average molecular weight is 404 g/mol.